The average Bonchev–Trinajstić information content (AvgIpc) is 2.58. The zero-order valence-electron chi connectivity index (χ0n) is 9.94. The Hall–Kier alpha value is -2.05. The summed E-state index contributed by atoms with van der Waals surface area (Å²) in [5.41, 5.74) is 5.81. The van der Waals surface area contributed by atoms with Crippen LogP contribution in [0.15, 0.2) is 4.52 Å². The summed E-state index contributed by atoms with van der Waals surface area (Å²) in [6, 6.07) is 0. The zero-order valence-corrected chi connectivity index (χ0v) is 9.94. The number of nitrogens with two attached hydrogens (primary N) is 1. The van der Waals surface area contributed by atoms with Crippen molar-refractivity contribution in [2.24, 2.45) is 0 Å². The zero-order chi connectivity index (χ0) is 13.0. The first-order valence-corrected chi connectivity index (χ1v) is 5.17. The second-order valence-electron chi connectivity index (χ2n) is 3.45. The van der Waals surface area contributed by atoms with E-state index in [0.29, 0.717) is 12.2 Å². The third-order valence-corrected chi connectivity index (χ3v) is 2.10. The molecule has 94 valence electrons. The van der Waals surface area contributed by atoms with Gasteiger partial charge in [0, 0.05) is 6.54 Å². The van der Waals surface area contributed by atoms with Crippen molar-refractivity contribution in [1.82, 2.24) is 10.5 Å². The number of carbonyl (C=O) groups excluding carboxylic acids is 2. The lowest BCUT2D eigenvalue weighted by Crippen LogP contribution is -2.35. The van der Waals surface area contributed by atoms with Crippen LogP contribution in [0.3, 0.4) is 0 Å². The van der Waals surface area contributed by atoms with Gasteiger partial charge in [0.15, 0.2) is 6.10 Å². The quantitative estimate of drug-likeness (QED) is 0.731. The van der Waals surface area contributed by atoms with Crippen molar-refractivity contribution in [3.63, 3.8) is 0 Å². The number of esters is 1. The van der Waals surface area contributed by atoms with E-state index in [9.17, 15) is 9.59 Å². The van der Waals surface area contributed by atoms with Crippen molar-refractivity contribution in [2.75, 3.05) is 12.3 Å². The molecule has 1 atom stereocenters. The standard InChI is InChI=1S/C10H15N3O4/c1-4-12-9(14)6(3)16-10(15)7-5(2)13-17-8(7)11/h6H,4,11H2,1-3H3,(H,12,14). The molecule has 7 heteroatoms. The Kier molecular flexibility index (Phi) is 4.08. The molecule has 17 heavy (non-hydrogen) atoms. The average molecular weight is 241 g/mol. The lowest BCUT2D eigenvalue weighted by molar-refractivity contribution is -0.128. The van der Waals surface area contributed by atoms with Gasteiger partial charge in [-0.05, 0) is 20.8 Å². The predicted octanol–water partition coefficient (Wildman–Crippen LogP) is 0.247. The molecule has 0 spiro atoms. The molecule has 0 aliphatic carbocycles. The van der Waals surface area contributed by atoms with Gasteiger partial charge < -0.3 is 20.3 Å². The molecule has 3 N–H and O–H groups in total. The number of likely N-dealkylation sites (N-methyl/N-ethyl adjacent to an activating group) is 1. The van der Waals surface area contributed by atoms with Crippen LogP contribution in [0.5, 0.6) is 0 Å². The van der Waals surface area contributed by atoms with E-state index >= 15 is 0 Å². The Morgan fingerprint density at radius 2 is 2.24 bits per heavy atom. The van der Waals surface area contributed by atoms with Gasteiger partial charge in [-0.15, -0.1) is 0 Å². The normalized spacial score (nSPS) is 11.9. The molecule has 1 aromatic heterocycles. The van der Waals surface area contributed by atoms with Gasteiger partial charge in [-0.25, -0.2) is 4.79 Å². The smallest absolute Gasteiger partial charge is 0.346 e. The summed E-state index contributed by atoms with van der Waals surface area (Å²) in [5, 5.41) is 6.06. The van der Waals surface area contributed by atoms with Crippen molar-refractivity contribution < 1.29 is 18.8 Å². The Balaban J connectivity index is 2.70. The van der Waals surface area contributed by atoms with Gasteiger partial charge in [0.05, 0.1) is 5.69 Å². The van der Waals surface area contributed by atoms with Gasteiger partial charge in [-0.2, -0.15) is 0 Å². The van der Waals surface area contributed by atoms with Crippen LogP contribution in [0.25, 0.3) is 0 Å². The van der Waals surface area contributed by atoms with E-state index in [1.807, 2.05) is 0 Å². The molecule has 1 rings (SSSR count). The fourth-order valence-electron chi connectivity index (χ4n) is 1.23. The minimum absolute atomic E-state index is 0.0566. The number of anilines is 1. The van der Waals surface area contributed by atoms with E-state index < -0.39 is 12.1 Å². The van der Waals surface area contributed by atoms with Crippen molar-refractivity contribution in [3.05, 3.63) is 11.3 Å². The van der Waals surface area contributed by atoms with E-state index in [1.54, 1.807) is 13.8 Å². The molecule has 0 fully saturated rings. The van der Waals surface area contributed by atoms with E-state index in [-0.39, 0.29) is 17.4 Å². The van der Waals surface area contributed by atoms with Crippen molar-refractivity contribution in [3.8, 4) is 0 Å². The number of aryl methyl sites for hydroxylation is 1. The number of amides is 1. The second-order valence-corrected chi connectivity index (χ2v) is 3.45. The highest BCUT2D eigenvalue weighted by atomic mass is 16.5. The van der Waals surface area contributed by atoms with Crippen LogP contribution in [0, 0.1) is 6.92 Å². The summed E-state index contributed by atoms with van der Waals surface area (Å²) in [4.78, 5) is 23.0. The highest BCUT2D eigenvalue weighted by Crippen LogP contribution is 2.17. The molecular formula is C10H15N3O4. The summed E-state index contributed by atoms with van der Waals surface area (Å²) in [6.45, 7) is 5.28. The van der Waals surface area contributed by atoms with Gasteiger partial charge in [0.1, 0.15) is 5.56 Å². The number of nitrogens with one attached hydrogen (secondary N) is 1. The number of hydrogen-bond acceptors (Lipinski definition) is 6. The van der Waals surface area contributed by atoms with Crippen LogP contribution in [0.2, 0.25) is 0 Å². The van der Waals surface area contributed by atoms with E-state index in [0.717, 1.165) is 0 Å². The van der Waals surface area contributed by atoms with Gasteiger partial charge in [-0.3, -0.25) is 4.79 Å². The van der Waals surface area contributed by atoms with Gasteiger partial charge in [0.25, 0.3) is 5.91 Å². The summed E-state index contributed by atoms with van der Waals surface area (Å²) < 4.78 is 9.57. The topological polar surface area (TPSA) is 107 Å². The molecule has 1 unspecified atom stereocenters. The van der Waals surface area contributed by atoms with Gasteiger partial charge in [-0.1, -0.05) is 5.16 Å². The lowest BCUT2D eigenvalue weighted by atomic mass is 10.2. The molecule has 0 aliphatic heterocycles. The molecule has 0 radical (unpaired) electrons. The maximum absolute atomic E-state index is 11.7. The monoisotopic (exact) mass is 241 g/mol. The van der Waals surface area contributed by atoms with Crippen LogP contribution in [0.4, 0.5) is 5.88 Å². The van der Waals surface area contributed by atoms with E-state index in [1.165, 1.54) is 6.92 Å². The van der Waals surface area contributed by atoms with Gasteiger partial charge in [0.2, 0.25) is 5.88 Å². The van der Waals surface area contributed by atoms with E-state index in [2.05, 4.69) is 15.0 Å². The molecule has 0 aromatic carbocycles. The van der Waals surface area contributed by atoms with Crippen LogP contribution in [0.1, 0.15) is 29.9 Å². The lowest BCUT2D eigenvalue weighted by Gasteiger charge is -2.12. The van der Waals surface area contributed by atoms with E-state index in [4.69, 9.17) is 10.5 Å². The molecule has 0 aliphatic rings. The molecule has 0 bridgehead atoms. The molecule has 1 aromatic rings. The number of ether oxygens (including phenoxy) is 1. The predicted molar refractivity (Wildman–Crippen MR) is 59.2 cm³/mol. The third kappa shape index (κ3) is 2.96. The third-order valence-electron chi connectivity index (χ3n) is 2.10. The fraction of sp³-hybridized carbons (Fsp3) is 0.500. The number of carbonyl (C=O) groups is 2. The summed E-state index contributed by atoms with van der Waals surface area (Å²) in [6.07, 6.45) is -0.892. The van der Waals surface area contributed by atoms with Crippen LogP contribution in [-0.4, -0.2) is 29.7 Å². The molecule has 0 saturated carbocycles. The molecule has 1 heterocycles. The largest absolute Gasteiger partial charge is 0.449 e. The van der Waals surface area contributed by atoms with Crippen LogP contribution >= 0.6 is 0 Å². The fourth-order valence-corrected chi connectivity index (χ4v) is 1.23. The molecule has 0 saturated heterocycles. The van der Waals surface area contributed by atoms with Crippen LogP contribution < -0.4 is 11.1 Å². The highest BCUT2D eigenvalue weighted by Gasteiger charge is 2.24. The number of rotatable bonds is 4. The highest BCUT2D eigenvalue weighted by molar-refractivity contribution is 5.96. The Labute approximate surface area is 98.3 Å². The van der Waals surface area contributed by atoms with Gasteiger partial charge >= 0.3 is 5.97 Å². The number of hydrogen-bond donors (Lipinski definition) is 2. The molecule has 7 nitrogen and oxygen atoms in total. The van der Waals surface area contributed by atoms with Crippen LogP contribution in [-0.2, 0) is 9.53 Å². The first kappa shape index (κ1) is 13.0. The Morgan fingerprint density at radius 3 is 2.71 bits per heavy atom. The Morgan fingerprint density at radius 1 is 1.59 bits per heavy atom. The minimum atomic E-state index is -0.892. The molecular weight excluding hydrogens is 226 g/mol. The summed E-state index contributed by atoms with van der Waals surface area (Å²) in [5.74, 6) is -1.20. The molecule has 1 amide bonds. The first-order chi connectivity index (χ1) is 7.97. The second kappa shape index (κ2) is 5.33. The maximum Gasteiger partial charge on any atom is 0.346 e. The van der Waals surface area contributed by atoms with Crippen molar-refractivity contribution >= 4 is 17.8 Å². The Bertz CT molecular complexity index is 408. The number of aromatic nitrogens is 1. The van der Waals surface area contributed by atoms with Crippen molar-refractivity contribution in [1.29, 1.82) is 0 Å². The maximum atomic E-state index is 11.7. The SMILES string of the molecule is CCNC(=O)C(C)OC(=O)c1c(C)noc1N. The minimum Gasteiger partial charge on any atom is -0.449 e. The first-order valence-electron chi connectivity index (χ1n) is 5.17. The number of nitrogens with zero attached hydrogens (tertiary/aromatic N) is 1. The van der Waals surface area contributed by atoms with Crippen molar-refractivity contribution in [2.45, 2.75) is 26.9 Å². The summed E-state index contributed by atoms with van der Waals surface area (Å²) >= 11 is 0. The summed E-state index contributed by atoms with van der Waals surface area (Å²) in [7, 11) is 0. The number of nitrogen functional groups attached to an aromatic ring is 1.